The third-order valence-corrected chi connectivity index (χ3v) is 6.04. The number of rotatable bonds is 4. The molecule has 6 nitrogen and oxygen atoms in total. The van der Waals surface area contributed by atoms with Crippen LogP contribution in [0.4, 0.5) is 0 Å². The normalized spacial score (nSPS) is 19.0. The molecule has 1 N–H and O–H groups in total. The summed E-state index contributed by atoms with van der Waals surface area (Å²) in [5.41, 5.74) is 3.66. The van der Waals surface area contributed by atoms with E-state index in [2.05, 4.69) is 17.2 Å². The van der Waals surface area contributed by atoms with Gasteiger partial charge in [0, 0.05) is 26.2 Å². The Morgan fingerprint density at radius 3 is 2.69 bits per heavy atom. The Labute approximate surface area is 172 Å². The van der Waals surface area contributed by atoms with E-state index >= 15 is 0 Å². The lowest BCUT2D eigenvalue weighted by atomic mass is 9.99. The zero-order valence-corrected chi connectivity index (χ0v) is 17.4. The molecule has 0 aliphatic carbocycles. The predicted molar refractivity (Wildman–Crippen MR) is 112 cm³/mol. The minimum Gasteiger partial charge on any atom is -0.345 e. The van der Waals surface area contributed by atoms with Crippen molar-refractivity contribution < 1.29 is 9.59 Å². The van der Waals surface area contributed by atoms with Gasteiger partial charge in [-0.05, 0) is 50.5 Å². The van der Waals surface area contributed by atoms with Crippen LogP contribution in [0, 0.1) is 12.8 Å². The van der Waals surface area contributed by atoms with Gasteiger partial charge in [0.25, 0.3) is 11.8 Å². The van der Waals surface area contributed by atoms with E-state index in [4.69, 9.17) is 0 Å². The van der Waals surface area contributed by atoms with Crippen LogP contribution in [0.15, 0.2) is 24.3 Å². The summed E-state index contributed by atoms with van der Waals surface area (Å²) in [6.45, 7) is 6.99. The first-order chi connectivity index (χ1) is 14.0. The van der Waals surface area contributed by atoms with Crippen molar-refractivity contribution in [2.45, 2.75) is 59.0 Å². The molecule has 0 radical (unpaired) electrons. The summed E-state index contributed by atoms with van der Waals surface area (Å²) in [6, 6.07) is 8.11. The van der Waals surface area contributed by atoms with E-state index in [1.807, 2.05) is 40.7 Å². The maximum Gasteiger partial charge on any atom is 0.287 e. The van der Waals surface area contributed by atoms with E-state index in [1.165, 1.54) is 5.56 Å². The van der Waals surface area contributed by atoms with Crippen LogP contribution in [0.5, 0.6) is 0 Å². The number of likely N-dealkylation sites (tertiary alicyclic amines) is 1. The van der Waals surface area contributed by atoms with Crippen molar-refractivity contribution in [2.75, 3.05) is 13.1 Å². The minimum absolute atomic E-state index is 0.0141. The molecule has 3 heterocycles. The first-order valence-corrected chi connectivity index (χ1v) is 10.8. The molecule has 1 aromatic heterocycles. The molecule has 2 aliphatic heterocycles. The number of aromatic nitrogens is 2. The lowest BCUT2D eigenvalue weighted by molar-refractivity contribution is 0.0676. The molecule has 0 bridgehead atoms. The second-order valence-corrected chi connectivity index (χ2v) is 8.51. The fourth-order valence-corrected chi connectivity index (χ4v) is 4.38. The number of imidazole rings is 1. The number of hydrogen-bond donors (Lipinski definition) is 1. The van der Waals surface area contributed by atoms with Gasteiger partial charge in [0.1, 0.15) is 5.69 Å². The quantitative estimate of drug-likeness (QED) is 0.865. The fourth-order valence-electron chi connectivity index (χ4n) is 4.38. The van der Waals surface area contributed by atoms with Gasteiger partial charge in [0.05, 0.1) is 5.69 Å². The smallest absolute Gasteiger partial charge is 0.287 e. The van der Waals surface area contributed by atoms with E-state index in [9.17, 15) is 9.59 Å². The summed E-state index contributed by atoms with van der Waals surface area (Å²) in [5.74, 6) is 0.670. The van der Waals surface area contributed by atoms with Crippen LogP contribution in [0.2, 0.25) is 0 Å². The summed E-state index contributed by atoms with van der Waals surface area (Å²) >= 11 is 0. The Bertz CT molecular complexity index is 900. The Kier molecular flexibility index (Phi) is 5.69. The number of amides is 2. The van der Waals surface area contributed by atoms with E-state index in [0.717, 1.165) is 63.0 Å². The lowest BCUT2D eigenvalue weighted by Crippen LogP contribution is -2.39. The number of nitrogens with one attached hydrogen (secondary N) is 1. The highest BCUT2D eigenvalue weighted by molar-refractivity contribution is 5.97. The third kappa shape index (κ3) is 4.21. The molecule has 2 aliphatic rings. The molecular weight excluding hydrogens is 364 g/mol. The molecule has 154 valence electrons. The number of carbonyl (C=O) groups excluding carboxylic acids is 2. The molecule has 1 aromatic carbocycles. The van der Waals surface area contributed by atoms with E-state index in [1.54, 1.807) is 0 Å². The number of benzene rings is 1. The molecule has 1 atom stereocenters. The molecule has 0 saturated carbocycles. The molecule has 2 amide bonds. The van der Waals surface area contributed by atoms with Gasteiger partial charge in [0.15, 0.2) is 5.82 Å². The predicted octanol–water partition coefficient (Wildman–Crippen LogP) is 3.33. The van der Waals surface area contributed by atoms with Gasteiger partial charge in [-0.2, -0.15) is 0 Å². The van der Waals surface area contributed by atoms with Crippen LogP contribution in [0.1, 0.15) is 70.5 Å². The number of carbonyl (C=O) groups is 2. The van der Waals surface area contributed by atoms with Crippen molar-refractivity contribution in [1.29, 1.82) is 0 Å². The van der Waals surface area contributed by atoms with Crippen molar-refractivity contribution in [1.82, 2.24) is 19.8 Å². The van der Waals surface area contributed by atoms with Gasteiger partial charge in [-0.15, -0.1) is 0 Å². The number of piperidine rings is 1. The highest BCUT2D eigenvalue weighted by Gasteiger charge is 2.31. The van der Waals surface area contributed by atoms with Gasteiger partial charge in [-0.1, -0.05) is 36.8 Å². The average molecular weight is 395 g/mol. The Morgan fingerprint density at radius 1 is 1.14 bits per heavy atom. The Balaban J connectivity index is 1.54. The highest BCUT2D eigenvalue weighted by atomic mass is 16.2. The minimum atomic E-state index is -0.209. The van der Waals surface area contributed by atoms with Gasteiger partial charge in [-0.25, -0.2) is 4.98 Å². The maximum atomic E-state index is 13.2. The van der Waals surface area contributed by atoms with E-state index < -0.39 is 0 Å². The SMILES string of the molecule is Cc1ccc(CNC(=O)c2nc(C(=O)N3CCCC(C)C3)c3n2CCCC3)cc1. The van der Waals surface area contributed by atoms with Crippen LogP contribution in [0.3, 0.4) is 0 Å². The summed E-state index contributed by atoms with van der Waals surface area (Å²) in [6.07, 6.45) is 5.05. The van der Waals surface area contributed by atoms with E-state index in [-0.39, 0.29) is 11.8 Å². The summed E-state index contributed by atoms with van der Waals surface area (Å²) in [5, 5.41) is 2.98. The lowest BCUT2D eigenvalue weighted by Gasteiger charge is -2.30. The van der Waals surface area contributed by atoms with Crippen molar-refractivity contribution in [2.24, 2.45) is 5.92 Å². The van der Waals surface area contributed by atoms with Crippen molar-refractivity contribution in [3.05, 3.63) is 52.6 Å². The second kappa shape index (κ2) is 8.39. The molecule has 6 heteroatoms. The van der Waals surface area contributed by atoms with E-state index in [0.29, 0.717) is 24.0 Å². The van der Waals surface area contributed by atoms with Gasteiger partial charge in [-0.3, -0.25) is 9.59 Å². The number of nitrogens with zero attached hydrogens (tertiary/aromatic N) is 3. The number of aryl methyl sites for hydroxylation is 1. The second-order valence-electron chi connectivity index (χ2n) is 8.51. The zero-order chi connectivity index (χ0) is 20.4. The molecule has 1 saturated heterocycles. The third-order valence-electron chi connectivity index (χ3n) is 6.04. The van der Waals surface area contributed by atoms with Crippen LogP contribution >= 0.6 is 0 Å². The van der Waals surface area contributed by atoms with Gasteiger partial charge < -0.3 is 14.8 Å². The van der Waals surface area contributed by atoms with Gasteiger partial charge >= 0.3 is 0 Å². The van der Waals surface area contributed by atoms with Crippen LogP contribution in [-0.2, 0) is 19.5 Å². The van der Waals surface area contributed by atoms with Crippen molar-refractivity contribution in [3.63, 3.8) is 0 Å². The molecule has 1 fully saturated rings. The summed E-state index contributed by atoms with van der Waals surface area (Å²) < 4.78 is 1.97. The summed E-state index contributed by atoms with van der Waals surface area (Å²) in [7, 11) is 0. The monoisotopic (exact) mass is 394 g/mol. The first kappa shape index (κ1) is 19.7. The Hall–Kier alpha value is -2.63. The maximum absolute atomic E-state index is 13.2. The molecule has 2 aromatic rings. The number of fused-ring (bicyclic) bond motifs is 1. The first-order valence-electron chi connectivity index (χ1n) is 10.8. The molecule has 4 rings (SSSR count). The van der Waals surface area contributed by atoms with Crippen LogP contribution < -0.4 is 5.32 Å². The molecule has 1 unspecified atom stereocenters. The topological polar surface area (TPSA) is 67.2 Å². The van der Waals surface area contributed by atoms with Crippen LogP contribution in [0.25, 0.3) is 0 Å². The highest BCUT2D eigenvalue weighted by Crippen LogP contribution is 2.24. The van der Waals surface area contributed by atoms with Crippen molar-refractivity contribution in [3.8, 4) is 0 Å². The van der Waals surface area contributed by atoms with Crippen LogP contribution in [-0.4, -0.2) is 39.4 Å². The average Bonchev–Trinajstić information content (AvgIpc) is 3.12. The largest absolute Gasteiger partial charge is 0.345 e. The van der Waals surface area contributed by atoms with Crippen molar-refractivity contribution >= 4 is 11.8 Å². The standard InChI is InChI=1S/C23H30N4O2/c1-16-8-10-18(11-9-16)14-24-22(28)21-25-20(19-7-3-4-13-27(19)21)23(29)26-12-5-6-17(2)15-26/h8-11,17H,3-7,12-15H2,1-2H3,(H,24,28). The fraction of sp³-hybridized carbons (Fsp3) is 0.522. The van der Waals surface area contributed by atoms with Gasteiger partial charge in [0.2, 0.25) is 0 Å². The molecular formula is C23H30N4O2. The number of hydrogen-bond acceptors (Lipinski definition) is 3. The summed E-state index contributed by atoms with van der Waals surface area (Å²) in [4.78, 5) is 32.6. The Morgan fingerprint density at radius 2 is 1.93 bits per heavy atom. The zero-order valence-electron chi connectivity index (χ0n) is 17.4. The molecule has 0 spiro atoms. The molecule has 29 heavy (non-hydrogen) atoms.